The minimum absolute atomic E-state index is 0.00976. The summed E-state index contributed by atoms with van der Waals surface area (Å²) in [6.45, 7) is 3.31. The molecule has 1 saturated heterocycles. The number of amides is 1. The van der Waals surface area contributed by atoms with E-state index in [4.69, 9.17) is 4.74 Å². The van der Waals surface area contributed by atoms with E-state index in [0.717, 1.165) is 36.3 Å². The molecule has 5 heteroatoms. The van der Waals surface area contributed by atoms with Crippen LogP contribution in [0.4, 0.5) is 0 Å². The molecule has 116 valence electrons. The number of carbonyl (C=O) groups is 1. The normalized spacial score (nSPS) is 17.6. The third-order valence-electron chi connectivity index (χ3n) is 3.94. The van der Waals surface area contributed by atoms with E-state index >= 15 is 0 Å². The molecule has 1 N–H and O–H groups in total. The fourth-order valence-corrected chi connectivity index (χ4v) is 2.69. The lowest BCUT2D eigenvalue weighted by molar-refractivity contribution is -0.130. The first-order chi connectivity index (χ1) is 10.8. The number of hydrogen-bond acceptors (Lipinski definition) is 3. The van der Waals surface area contributed by atoms with Crippen LogP contribution in [0.5, 0.6) is 0 Å². The van der Waals surface area contributed by atoms with Gasteiger partial charge in [0.1, 0.15) is 11.9 Å². The van der Waals surface area contributed by atoms with E-state index in [1.807, 2.05) is 36.7 Å². The van der Waals surface area contributed by atoms with Gasteiger partial charge in [-0.3, -0.25) is 4.79 Å². The Hall–Kier alpha value is -2.14. The Morgan fingerprint density at radius 3 is 2.91 bits per heavy atom. The van der Waals surface area contributed by atoms with Crippen molar-refractivity contribution in [2.75, 3.05) is 6.61 Å². The lowest BCUT2D eigenvalue weighted by Crippen LogP contribution is -2.33. The number of imidazole rings is 1. The second-order valence-corrected chi connectivity index (χ2v) is 5.45. The molecule has 0 aliphatic carbocycles. The van der Waals surface area contributed by atoms with Crippen molar-refractivity contribution in [1.82, 2.24) is 14.9 Å². The van der Waals surface area contributed by atoms with Gasteiger partial charge < -0.3 is 14.6 Å². The van der Waals surface area contributed by atoms with Crippen molar-refractivity contribution in [3.05, 3.63) is 48.0 Å². The minimum Gasteiger partial charge on any atom is -0.368 e. The molecular formula is C17H21N3O2. The van der Waals surface area contributed by atoms with Gasteiger partial charge >= 0.3 is 0 Å². The van der Waals surface area contributed by atoms with Crippen LogP contribution in [-0.4, -0.2) is 28.2 Å². The molecule has 1 aromatic carbocycles. The molecule has 1 atom stereocenters. The average Bonchev–Trinajstić information content (AvgIpc) is 3.24. The number of aromatic nitrogens is 2. The van der Waals surface area contributed by atoms with Gasteiger partial charge in [0, 0.05) is 37.7 Å². The van der Waals surface area contributed by atoms with Crippen molar-refractivity contribution in [1.29, 1.82) is 0 Å². The molecule has 1 aliphatic heterocycles. The summed E-state index contributed by atoms with van der Waals surface area (Å²) in [6, 6.07) is 8.16. The molecule has 0 bridgehead atoms. The van der Waals surface area contributed by atoms with Crippen LogP contribution in [0.3, 0.4) is 0 Å². The number of nitrogens with zero attached hydrogens (tertiary/aromatic N) is 2. The highest BCUT2D eigenvalue weighted by molar-refractivity contribution is 5.80. The summed E-state index contributed by atoms with van der Waals surface area (Å²) in [5.74, 6) is 1.03. The van der Waals surface area contributed by atoms with Gasteiger partial charge in [0.05, 0.1) is 0 Å². The molecule has 1 fully saturated rings. The Morgan fingerprint density at radius 1 is 1.41 bits per heavy atom. The largest absolute Gasteiger partial charge is 0.368 e. The Balaban J connectivity index is 1.61. The Bertz CT molecular complexity index is 628. The first-order valence-corrected chi connectivity index (χ1v) is 7.79. The SMILES string of the molecule is CCc1nccn1-c1ccc(CNC(=O)[C@@H]2CCCO2)cc1. The van der Waals surface area contributed by atoms with Crippen molar-refractivity contribution in [3.8, 4) is 5.69 Å². The van der Waals surface area contributed by atoms with Crippen molar-refractivity contribution < 1.29 is 9.53 Å². The number of hydrogen-bond donors (Lipinski definition) is 1. The highest BCUT2D eigenvalue weighted by Gasteiger charge is 2.22. The van der Waals surface area contributed by atoms with E-state index in [1.54, 1.807) is 0 Å². The van der Waals surface area contributed by atoms with E-state index in [0.29, 0.717) is 13.2 Å². The quantitative estimate of drug-likeness (QED) is 0.921. The van der Waals surface area contributed by atoms with Gasteiger partial charge in [0.25, 0.3) is 0 Å². The van der Waals surface area contributed by atoms with Crippen LogP contribution in [0.15, 0.2) is 36.7 Å². The number of ether oxygens (including phenoxy) is 1. The van der Waals surface area contributed by atoms with Crippen molar-refractivity contribution >= 4 is 5.91 Å². The maximum Gasteiger partial charge on any atom is 0.249 e. The highest BCUT2D eigenvalue weighted by atomic mass is 16.5. The average molecular weight is 299 g/mol. The van der Waals surface area contributed by atoms with Crippen LogP contribution in [0.1, 0.15) is 31.2 Å². The van der Waals surface area contributed by atoms with E-state index in [2.05, 4.69) is 21.8 Å². The van der Waals surface area contributed by atoms with Gasteiger partial charge in [0.2, 0.25) is 5.91 Å². The fraction of sp³-hybridized carbons (Fsp3) is 0.412. The Morgan fingerprint density at radius 2 is 2.23 bits per heavy atom. The van der Waals surface area contributed by atoms with Crippen molar-refractivity contribution in [2.24, 2.45) is 0 Å². The summed E-state index contributed by atoms with van der Waals surface area (Å²) >= 11 is 0. The molecule has 2 aromatic rings. The predicted molar refractivity (Wildman–Crippen MR) is 83.8 cm³/mol. The van der Waals surface area contributed by atoms with Crippen LogP contribution < -0.4 is 5.32 Å². The molecule has 2 heterocycles. The molecule has 22 heavy (non-hydrogen) atoms. The van der Waals surface area contributed by atoms with Crippen LogP contribution in [0.2, 0.25) is 0 Å². The number of rotatable bonds is 5. The lowest BCUT2D eigenvalue weighted by atomic mass is 10.2. The third-order valence-corrected chi connectivity index (χ3v) is 3.94. The highest BCUT2D eigenvalue weighted by Crippen LogP contribution is 2.14. The first kappa shape index (κ1) is 14.8. The van der Waals surface area contributed by atoms with Crippen LogP contribution in [0, 0.1) is 0 Å². The summed E-state index contributed by atoms with van der Waals surface area (Å²) in [7, 11) is 0. The maximum absolute atomic E-state index is 11.9. The molecule has 5 nitrogen and oxygen atoms in total. The van der Waals surface area contributed by atoms with Crippen molar-refractivity contribution in [3.63, 3.8) is 0 Å². The Kier molecular flexibility index (Phi) is 4.53. The van der Waals surface area contributed by atoms with Gasteiger partial charge in [-0.1, -0.05) is 19.1 Å². The predicted octanol–water partition coefficient (Wildman–Crippen LogP) is 2.23. The fourth-order valence-electron chi connectivity index (χ4n) is 2.69. The van der Waals surface area contributed by atoms with E-state index < -0.39 is 0 Å². The van der Waals surface area contributed by atoms with Crippen molar-refractivity contribution in [2.45, 2.75) is 38.8 Å². The van der Waals surface area contributed by atoms with Crippen LogP contribution >= 0.6 is 0 Å². The lowest BCUT2D eigenvalue weighted by Gasteiger charge is -2.11. The second kappa shape index (κ2) is 6.75. The molecule has 0 saturated carbocycles. The standard InChI is InChI=1S/C17H21N3O2/c1-2-16-18-9-10-20(16)14-7-5-13(6-8-14)12-19-17(21)15-4-3-11-22-15/h5-10,15H,2-4,11-12H2,1H3,(H,19,21)/t15-/m0/s1. The van der Waals surface area contributed by atoms with Gasteiger partial charge in [-0.05, 0) is 30.5 Å². The molecule has 1 amide bonds. The zero-order valence-corrected chi connectivity index (χ0v) is 12.8. The summed E-state index contributed by atoms with van der Waals surface area (Å²) in [5.41, 5.74) is 2.16. The van der Waals surface area contributed by atoms with Crippen LogP contribution in [0.25, 0.3) is 5.69 Å². The molecule has 0 spiro atoms. The zero-order chi connectivity index (χ0) is 15.4. The van der Waals surface area contributed by atoms with Gasteiger partial charge in [-0.2, -0.15) is 0 Å². The summed E-state index contributed by atoms with van der Waals surface area (Å²) < 4.78 is 7.45. The molecule has 1 aliphatic rings. The van der Waals surface area contributed by atoms with Gasteiger partial charge in [0.15, 0.2) is 0 Å². The topological polar surface area (TPSA) is 56.2 Å². The smallest absolute Gasteiger partial charge is 0.249 e. The maximum atomic E-state index is 11.9. The van der Waals surface area contributed by atoms with E-state index in [1.165, 1.54) is 0 Å². The monoisotopic (exact) mass is 299 g/mol. The second-order valence-electron chi connectivity index (χ2n) is 5.45. The first-order valence-electron chi connectivity index (χ1n) is 7.79. The summed E-state index contributed by atoms with van der Waals surface area (Å²) in [5, 5.41) is 2.93. The molecule has 3 rings (SSSR count). The molecule has 1 aromatic heterocycles. The van der Waals surface area contributed by atoms with Gasteiger partial charge in [-0.25, -0.2) is 4.98 Å². The minimum atomic E-state index is -0.266. The zero-order valence-electron chi connectivity index (χ0n) is 12.8. The number of benzene rings is 1. The Labute approximate surface area is 130 Å². The van der Waals surface area contributed by atoms with Gasteiger partial charge in [-0.15, -0.1) is 0 Å². The number of carbonyl (C=O) groups excluding carboxylic acids is 1. The molecule has 0 unspecified atom stereocenters. The summed E-state index contributed by atoms with van der Waals surface area (Å²) in [4.78, 5) is 16.2. The molecule has 0 radical (unpaired) electrons. The van der Waals surface area contributed by atoms with Crippen LogP contribution in [-0.2, 0) is 22.5 Å². The third kappa shape index (κ3) is 3.20. The van der Waals surface area contributed by atoms with E-state index in [9.17, 15) is 4.79 Å². The number of nitrogens with one attached hydrogen (secondary N) is 1. The number of aryl methyl sites for hydroxylation is 1. The van der Waals surface area contributed by atoms with E-state index in [-0.39, 0.29) is 12.0 Å². The molecular weight excluding hydrogens is 278 g/mol. The summed E-state index contributed by atoms with van der Waals surface area (Å²) in [6.07, 6.45) is 6.20.